The Morgan fingerprint density at radius 3 is 3.27 bits per heavy atom. The molecule has 2 aliphatic rings. The Kier molecular flexibility index (Phi) is 1.55. The lowest BCUT2D eigenvalue weighted by molar-refractivity contribution is 0.122. The number of epoxide rings is 1. The van der Waals surface area contributed by atoms with Gasteiger partial charge in [0.25, 0.3) is 0 Å². The molecule has 0 radical (unpaired) electrons. The van der Waals surface area contributed by atoms with Gasteiger partial charge >= 0.3 is 0 Å². The van der Waals surface area contributed by atoms with Crippen LogP contribution < -0.4 is 0 Å². The minimum Gasteiger partial charge on any atom is -0.390 e. The van der Waals surface area contributed by atoms with Crippen molar-refractivity contribution in [3.8, 4) is 0 Å². The first-order chi connectivity index (χ1) is 5.28. The van der Waals surface area contributed by atoms with E-state index in [4.69, 9.17) is 4.74 Å². The second kappa shape index (κ2) is 2.32. The fraction of sp³-hybridized carbons (Fsp3) is 0.778. The van der Waals surface area contributed by atoms with Crippen molar-refractivity contribution in [2.75, 3.05) is 0 Å². The van der Waals surface area contributed by atoms with E-state index in [0.29, 0.717) is 0 Å². The number of hydrogen-bond acceptors (Lipinski definition) is 2. The summed E-state index contributed by atoms with van der Waals surface area (Å²) in [5.41, 5.74) is -0.000579. The summed E-state index contributed by atoms with van der Waals surface area (Å²) >= 11 is 0. The molecule has 2 rings (SSSR count). The van der Waals surface area contributed by atoms with Gasteiger partial charge in [-0.15, -0.1) is 6.58 Å². The molecule has 1 aliphatic carbocycles. The Labute approximate surface area is 66.9 Å². The summed E-state index contributed by atoms with van der Waals surface area (Å²) in [5.74, 6) is 0. The zero-order valence-corrected chi connectivity index (χ0v) is 6.62. The molecule has 1 N–H and O–H groups in total. The first kappa shape index (κ1) is 7.32. The fourth-order valence-corrected chi connectivity index (χ4v) is 2.12. The van der Waals surface area contributed by atoms with Crippen molar-refractivity contribution in [3.05, 3.63) is 12.7 Å². The van der Waals surface area contributed by atoms with Gasteiger partial charge in [0.1, 0.15) is 11.7 Å². The van der Waals surface area contributed by atoms with Crippen molar-refractivity contribution in [3.63, 3.8) is 0 Å². The molecule has 0 amide bonds. The summed E-state index contributed by atoms with van der Waals surface area (Å²) in [6.07, 6.45) is 5.78. The van der Waals surface area contributed by atoms with Crippen LogP contribution in [0.3, 0.4) is 0 Å². The highest BCUT2D eigenvalue weighted by Gasteiger charge is 2.60. The third-order valence-corrected chi connectivity index (χ3v) is 2.76. The topological polar surface area (TPSA) is 32.8 Å². The van der Waals surface area contributed by atoms with Gasteiger partial charge in [-0.1, -0.05) is 6.08 Å². The number of rotatable bonds is 2. The van der Waals surface area contributed by atoms with Gasteiger partial charge in [-0.2, -0.15) is 0 Å². The molecular formula is C9H14O2. The lowest BCUT2D eigenvalue weighted by atomic mass is 9.85. The van der Waals surface area contributed by atoms with E-state index in [2.05, 4.69) is 6.58 Å². The second-order valence-corrected chi connectivity index (χ2v) is 3.56. The second-order valence-electron chi connectivity index (χ2n) is 3.56. The molecule has 3 atom stereocenters. The van der Waals surface area contributed by atoms with Crippen molar-refractivity contribution in [2.24, 2.45) is 0 Å². The van der Waals surface area contributed by atoms with Gasteiger partial charge in [-0.25, -0.2) is 0 Å². The first-order valence-electron chi connectivity index (χ1n) is 4.25. The SMILES string of the molecule is C=CC[C@@]12CCCC(O)[C@@H]1O2. The molecule has 1 saturated carbocycles. The van der Waals surface area contributed by atoms with Crippen LogP contribution in [-0.4, -0.2) is 22.9 Å². The molecule has 62 valence electrons. The monoisotopic (exact) mass is 154 g/mol. The minimum absolute atomic E-state index is 0.000579. The van der Waals surface area contributed by atoms with Gasteiger partial charge in [-0.05, 0) is 25.7 Å². The predicted molar refractivity (Wildman–Crippen MR) is 42.3 cm³/mol. The summed E-state index contributed by atoms with van der Waals surface area (Å²) in [6.45, 7) is 3.69. The molecule has 2 heteroatoms. The zero-order valence-electron chi connectivity index (χ0n) is 6.62. The van der Waals surface area contributed by atoms with Crippen LogP contribution in [-0.2, 0) is 4.74 Å². The number of aliphatic hydroxyl groups excluding tert-OH is 1. The number of hydrogen-bond donors (Lipinski definition) is 1. The Morgan fingerprint density at radius 2 is 2.55 bits per heavy atom. The Bertz CT molecular complexity index is 178. The summed E-state index contributed by atoms with van der Waals surface area (Å²) in [7, 11) is 0. The average Bonchev–Trinajstić information content (AvgIpc) is 2.65. The molecule has 11 heavy (non-hydrogen) atoms. The molecule has 2 nitrogen and oxygen atoms in total. The highest BCUT2D eigenvalue weighted by molar-refractivity contribution is 5.11. The molecule has 0 aromatic heterocycles. The Hall–Kier alpha value is -0.340. The van der Waals surface area contributed by atoms with Gasteiger partial charge in [0.05, 0.1) is 6.10 Å². The van der Waals surface area contributed by atoms with E-state index < -0.39 is 0 Å². The van der Waals surface area contributed by atoms with Crippen LogP contribution in [0, 0.1) is 0 Å². The van der Waals surface area contributed by atoms with Crippen molar-refractivity contribution in [2.45, 2.75) is 43.5 Å². The fourth-order valence-electron chi connectivity index (χ4n) is 2.12. The van der Waals surface area contributed by atoms with E-state index in [-0.39, 0.29) is 17.8 Å². The van der Waals surface area contributed by atoms with E-state index in [1.165, 1.54) is 0 Å². The molecule has 0 aromatic rings. The van der Waals surface area contributed by atoms with Gasteiger partial charge in [0.15, 0.2) is 0 Å². The molecule has 1 unspecified atom stereocenters. The maximum Gasteiger partial charge on any atom is 0.113 e. The molecule has 0 aromatic carbocycles. The van der Waals surface area contributed by atoms with Crippen molar-refractivity contribution in [1.29, 1.82) is 0 Å². The van der Waals surface area contributed by atoms with Crippen molar-refractivity contribution in [1.82, 2.24) is 0 Å². The lowest BCUT2D eigenvalue weighted by Gasteiger charge is -2.18. The van der Waals surface area contributed by atoms with E-state index >= 15 is 0 Å². The van der Waals surface area contributed by atoms with Crippen molar-refractivity contribution >= 4 is 0 Å². The van der Waals surface area contributed by atoms with Crippen LogP contribution in [0.25, 0.3) is 0 Å². The largest absolute Gasteiger partial charge is 0.390 e. The summed E-state index contributed by atoms with van der Waals surface area (Å²) in [4.78, 5) is 0. The average molecular weight is 154 g/mol. The van der Waals surface area contributed by atoms with Crippen LogP contribution in [0.5, 0.6) is 0 Å². The Morgan fingerprint density at radius 1 is 1.73 bits per heavy atom. The minimum atomic E-state index is -0.219. The highest BCUT2D eigenvalue weighted by atomic mass is 16.6. The number of ether oxygens (including phenoxy) is 1. The molecule has 0 spiro atoms. The predicted octanol–water partition coefficient (Wildman–Crippen LogP) is 1.24. The van der Waals surface area contributed by atoms with Gasteiger partial charge in [0, 0.05) is 0 Å². The third kappa shape index (κ3) is 1.01. The first-order valence-corrected chi connectivity index (χ1v) is 4.25. The van der Waals surface area contributed by atoms with Gasteiger partial charge in [-0.3, -0.25) is 0 Å². The highest BCUT2D eigenvalue weighted by Crippen LogP contribution is 2.50. The summed E-state index contributed by atoms with van der Waals surface area (Å²) in [6, 6.07) is 0. The maximum absolute atomic E-state index is 9.45. The number of aliphatic hydroxyl groups is 1. The van der Waals surface area contributed by atoms with Crippen LogP contribution in [0.2, 0.25) is 0 Å². The summed E-state index contributed by atoms with van der Waals surface area (Å²) < 4.78 is 5.50. The smallest absolute Gasteiger partial charge is 0.113 e. The molecular weight excluding hydrogens is 140 g/mol. The van der Waals surface area contributed by atoms with Gasteiger partial charge < -0.3 is 9.84 Å². The Balaban J connectivity index is 2.02. The molecule has 1 saturated heterocycles. The number of fused-ring (bicyclic) bond motifs is 1. The van der Waals surface area contributed by atoms with Crippen molar-refractivity contribution < 1.29 is 9.84 Å². The molecule has 0 bridgehead atoms. The normalized spacial score (nSPS) is 48.1. The summed E-state index contributed by atoms with van der Waals surface area (Å²) in [5, 5.41) is 9.45. The molecule has 1 heterocycles. The quantitative estimate of drug-likeness (QED) is 0.479. The van der Waals surface area contributed by atoms with E-state index in [9.17, 15) is 5.11 Å². The molecule has 1 aliphatic heterocycles. The standard InChI is InChI=1S/C9H14O2/c1-2-5-9-6-3-4-7(10)8(9)11-9/h2,7-8,10H,1,3-6H2/t7?,8-,9+/m0/s1. The van der Waals surface area contributed by atoms with E-state index in [1.54, 1.807) is 0 Å². The van der Waals surface area contributed by atoms with Gasteiger partial charge in [0.2, 0.25) is 0 Å². The molecule has 2 fully saturated rings. The zero-order chi connectivity index (χ0) is 7.90. The lowest BCUT2D eigenvalue weighted by Crippen LogP contribution is -2.29. The van der Waals surface area contributed by atoms with Crippen LogP contribution in [0.4, 0.5) is 0 Å². The third-order valence-electron chi connectivity index (χ3n) is 2.76. The van der Waals surface area contributed by atoms with E-state index in [1.807, 2.05) is 6.08 Å². The van der Waals surface area contributed by atoms with Crippen LogP contribution >= 0.6 is 0 Å². The van der Waals surface area contributed by atoms with Crippen LogP contribution in [0.15, 0.2) is 12.7 Å². The maximum atomic E-state index is 9.45. The van der Waals surface area contributed by atoms with E-state index in [0.717, 1.165) is 25.7 Å². The van der Waals surface area contributed by atoms with Crippen LogP contribution in [0.1, 0.15) is 25.7 Å².